The third-order valence-electron chi connectivity index (χ3n) is 1.66. The molecule has 2 N–H and O–H groups in total. The van der Waals surface area contributed by atoms with Crippen molar-refractivity contribution in [3.05, 3.63) is 21.8 Å². The topological polar surface area (TPSA) is 52.3 Å². The Balaban J connectivity index is 2.93. The molecule has 0 aromatic rings. The Labute approximate surface area is 79.4 Å². The highest BCUT2D eigenvalue weighted by Crippen LogP contribution is 2.26. The Bertz CT molecular complexity index is 268. The summed E-state index contributed by atoms with van der Waals surface area (Å²) in [5, 5.41) is 0. The van der Waals surface area contributed by atoms with Gasteiger partial charge in [-0.3, -0.25) is 0 Å². The minimum atomic E-state index is -0.343. The SMILES string of the molecule is COC(=O)C1=C(Br)CCC(N)=C1. The molecular formula is C8H10BrNO2. The van der Waals surface area contributed by atoms with Crippen LogP contribution in [-0.2, 0) is 9.53 Å². The number of ether oxygens (including phenoxy) is 1. The number of carbonyl (C=O) groups excluding carboxylic acids is 1. The van der Waals surface area contributed by atoms with E-state index < -0.39 is 0 Å². The number of nitrogens with two attached hydrogens (primary N) is 1. The minimum Gasteiger partial charge on any atom is -0.465 e. The lowest BCUT2D eigenvalue weighted by molar-refractivity contribution is -0.135. The van der Waals surface area contributed by atoms with Crippen LogP contribution in [0, 0.1) is 0 Å². The van der Waals surface area contributed by atoms with Crippen molar-refractivity contribution in [1.29, 1.82) is 0 Å². The summed E-state index contributed by atoms with van der Waals surface area (Å²) in [6.45, 7) is 0. The van der Waals surface area contributed by atoms with Gasteiger partial charge in [-0.25, -0.2) is 4.79 Å². The van der Waals surface area contributed by atoms with Gasteiger partial charge in [0.1, 0.15) is 0 Å². The molecule has 0 bridgehead atoms. The zero-order valence-electron chi connectivity index (χ0n) is 6.76. The van der Waals surface area contributed by atoms with Gasteiger partial charge in [0.2, 0.25) is 0 Å². The first kappa shape index (κ1) is 9.32. The number of allylic oxidation sites excluding steroid dienone is 2. The molecule has 0 radical (unpaired) electrons. The first-order chi connectivity index (χ1) is 5.65. The summed E-state index contributed by atoms with van der Waals surface area (Å²) >= 11 is 3.30. The van der Waals surface area contributed by atoms with Crippen LogP contribution in [0.2, 0.25) is 0 Å². The summed E-state index contributed by atoms with van der Waals surface area (Å²) in [4.78, 5) is 11.1. The Morgan fingerprint density at radius 2 is 2.33 bits per heavy atom. The maximum absolute atomic E-state index is 11.1. The molecule has 0 heterocycles. The highest BCUT2D eigenvalue weighted by Gasteiger charge is 2.16. The molecule has 1 aliphatic rings. The summed E-state index contributed by atoms with van der Waals surface area (Å²) in [7, 11) is 1.36. The zero-order valence-corrected chi connectivity index (χ0v) is 8.35. The van der Waals surface area contributed by atoms with Gasteiger partial charge in [0.25, 0.3) is 0 Å². The Kier molecular flexibility index (Phi) is 2.92. The summed E-state index contributed by atoms with van der Waals surface area (Å²) in [5.74, 6) is -0.343. The molecule has 1 rings (SSSR count). The maximum atomic E-state index is 11.1. The van der Waals surface area contributed by atoms with E-state index in [1.54, 1.807) is 6.08 Å². The van der Waals surface area contributed by atoms with E-state index in [1.165, 1.54) is 7.11 Å². The molecule has 0 amide bonds. The van der Waals surface area contributed by atoms with Crippen molar-refractivity contribution < 1.29 is 9.53 Å². The van der Waals surface area contributed by atoms with Crippen LogP contribution in [0.5, 0.6) is 0 Å². The van der Waals surface area contributed by atoms with E-state index in [1.807, 2.05) is 0 Å². The van der Waals surface area contributed by atoms with Crippen LogP contribution >= 0.6 is 15.9 Å². The fourth-order valence-corrected chi connectivity index (χ4v) is 1.48. The third-order valence-corrected chi connectivity index (χ3v) is 2.48. The number of rotatable bonds is 1. The van der Waals surface area contributed by atoms with Gasteiger partial charge in [0.15, 0.2) is 0 Å². The monoisotopic (exact) mass is 231 g/mol. The molecule has 0 spiro atoms. The molecule has 0 aromatic heterocycles. The lowest BCUT2D eigenvalue weighted by atomic mass is 10.1. The average molecular weight is 232 g/mol. The smallest absolute Gasteiger partial charge is 0.338 e. The van der Waals surface area contributed by atoms with Crippen LogP contribution in [0.3, 0.4) is 0 Å². The van der Waals surface area contributed by atoms with E-state index in [9.17, 15) is 4.79 Å². The summed E-state index contributed by atoms with van der Waals surface area (Å²) in [5.41, 5.74) is 6.83. The first-order valence-electron chi connectivity index (χ1n) is 3.58. The molecule has 0 saturated heterocycles. The summed E-state index contributed by atoms with van der Waals surface area (Å²) in [6, 6.07) is 0. The molecule has 0 aromatic carbocycles. The Hall–Kier alpha value is -0.770. The highest BCUT2D eigenvalue weighted by molar-refractivity contribution is 9.11. The standard InChI is InChI=1S/C8H10BrNO2/c1-12-8(11)6-4-5(10)2-3-7(6)9/h4H,2-3,10H2,1H3. The van der Waals surface area contributed by atoms with Crippen LogP contribution in [0.4, 0.5) is 0 Å². The van der Waals surface area contributed by atoms with Crippen LogP contribution in [0.1, 0.15) is 12.8 Å². The molecule has 4 heteroatoms. The fraction of sp³-hybridized carbons (Fsp3) is 0.375. The van der Waals surface area contributed by atoms with Gasteiger partial charge in [0, 0.05) is 10.2 Å². The van der Waals surface area contributed by atoms with E-state index in [0.29, 0.717) is 5.57 Å². The number of halogens is 1. The predicted molar refractivity (Wildman–Crippen MR) is 49.5 cm³/mol. The second-order valence-electron chi connectivity index (χ2n) is 2.53. The van der Waals surface area contributed by atoms with Gasteiger partial charge in [-0.1, -0.05) is 15.9 Å². The Morgan fingerprint density at radius 3 is 2.92 bits per heavy atom. The molecule has 1 aliphatic carbocycles. The van der Waals surface area contributed by atoms with Crippen LogP contribution < -0.4 is 5.73 Å². The van der Waals surface area contributed by atoms with E-state index in [2.05, 4.69) is 20.7 Å². The molecule has 0 aliphatic heterocycles. The fourth-order valence-electron chi connectivity index (χ4n) is 1.00. The minimum absolute atomic E-state index is 0.343. The first-order valence-corrected chi connectivity index (χ1v) is 4.37. The second kappa shape index (κ2) is 3.76. The molecule has 12 heavy (non-hydrogen) atoms. The quantitative estimate of drug-likeness (QED) is 0.696. The van der Waals surface area contributed by atoms with E-state index >= 15 is 0 Å². The highest BCUT2D eigenvalue weighted by atomic mass is 79.9. The third kappa shape index (κ3) is 1.88. The molecule has 0 saturated carbocycles. The summed E-state index contributed by atoms with van der Waals surface area (Å²) < 4.78 is 5.45. The zero-order chi connectivity index (χ0) is 9.14. The van der Waals surface area contributed by atoms with Crippen LogP contribution in [0.25, 0.3) is 0 Å². The molecule has 66 valence electrons. The lowest BCUT2D eigenvalue weighted by Crippen LogP contribution is -2.11. The predicted octanol–water partition coefficient (Wildman–Crippen LogP) is 1.44. The average Bonchev–Trinajstić information content (AvgIpc) is 2.08. The van der Waals surface area contributed by atoms with Gasteiger partial charge in [-0.15, -0.1) is 0 Å². The van der Waals surface area contributed by atoms with Crippen molar-refractivity contribution in [2.45, 2.75) is 12.8 Å². The van der Waals surface area contributed by atoms with Crippen LogP contribution in [0.15, 0.2) is 21.8 Å². The molecule has 0 fully saturated rings. The second-order valence-corrected chi connectivity index (χ2v) is 3.49. The van der Waals surface area contributed by atoms with E-state index in [4.69, 9.17) is 5.73 Å². The number of hydrogen-bond donors (Lipinski definition) is 1. The van der Waals surface area contributed by atoms with E-state index in [0.717, 1.165) is 23.0 Å². The van der Waals surface area contributed by atoms with Gasteiger partial charge in [-0.05, 0) is 18.9 Å². The van der Waals surface area contributed by atoms with Crippen molar-refractivity contribution in [2.75, 3.05) is 7.11 Å². The number of carbonyl (C=O) groups is 1. The number of methoxy groups -OCH3 is 1. The summed E-state index contributed by atoms with van der Waals surface area (Å²) in [6.07, 6.45) is 3.22. The molecule has 3 nitrogen and oxygen atoms in total. The van der Waals surface area contributed by atoms with Gasteiger partial charge >= 0.3 is 5.97 Å². The van der Waals surface area contributed by atoms with Crippen LogP contribution in [-0.4, -0.2) is 13.1 Å². The Morgan fingerprint density at radius 1 is 1.67 bits per heavy atom. The molecular weight excluding hydrogens is 222 g/mol. The van der Waals surface area contributed by atoms with Gasteiger partial charge in [-0.2, -0.15) is 0 Å². The number of esters is 1. The number of hydrogen-bond acceptors (Lipinski definition) is 3. The largest absolute Gasteiger partial charge is 0.465 e. The maximum Gasteiger partial charge on any atom is 0.338 e. The van der Waals surface area contributed by atoms with Crippen molar-refractivity contribution in [1.82, 2.24) is 0 Å². The lowest BCUT2D eigenvalue weighted by Gasteiger charge is -2.11. The van der Waals surface area contributed by atoms with Crippen molar-refractivity contribution in [3.63, 3.8) is 0 Å². The van der Waals surface area contributed by atoms with E-state index in [-0.39, 0.29) is 5.97 Å². The molecule has 0 unspecified atom stereocenters. The van der Waals surface area contributed by atoms with Gasteiger partial charge in [0.05, 0.1) is 12.7 Å². The molecule has 0 atom stereocenters. The normalized spacial score (nSPS) is 17.3. The van der Waals surface area contributed by atoms with Crippen molar-refractivity contribution >= 4 is 21.9 Å². The van der Waals surface area contributed by atoms with Crippen molar-refractivity contribution in [2.24, 2.45) is 5.73 Å². The van der Waals surface area contributed by atoms with Crippen molar-refractivity contribution in [3.8, 4) is 0 Å². The van der Waals surface area contributed by atoms with Gasteiger partial charge < -0.3 is 10.5 Å².